The maximum Gasteiger partial charge on any atom is 0.217 e. The fourth-order valence-electron chi connectivity index (χ4n) is 1.89. The van der Waals surface area contributed by atoms with Gasteiger partial charge in [0, 0.05) is 28.8 Å². The highest BCUT2D eigenvalue weighted by Crippen LogP contribution is 2.18. The van der Waals surface area contributed by atoms with Crippen LogP contribution in [-0.2, 0) is 13.0 Å². The third-order valence-electron chi connectivity index (χ3n) is 2.96. The minimum Gasteiger partial charge on any atom is -0.473 e. The van der Waals surface area contributed by atoms with Gasteiger partial charge in [-0.2, -0.15) is 4.98 Å². The molecule has 0 saturated carbocycles. The maximum atomic E-state index is 6.11. The number of hydrogen-bond acceptors (Lipinski definition) is 3. The Labute approximate surface area is 125 Å². The number of aryl methyl sites for hydroxylation is 2. The normalized spacial score (nSPS) is 10.6. The van der Waals surface area contributed by atoms with Crippen LogP contribution in [0.15, 0.2) is 30.3 Å². The molecule has 0 bridgehead atoms. The molecule has 1 aromatic heterocycles. The van der Waals surface area contributed by atoms with E-state index in [-0.39, 0.29) is 0 Å². The SMILES string of the molecule is CCCCc1nc(C)cc(OCc2ccccc2Cl)n1. The van der Waals surface area contributed by atoms with Gasteiger partial charge in [-0.15, -0.1) is 0 Å². The quantitative estimate of drug-likeness (QED) is 0.793. The Morgan fingerprint density at radius 2 is 2.00 bits per heavy atom. The highest BCUT2D eigenvalue weighted by atomic mass is 35.5. The average Bonchev–Trinajstić information content (AvgIpc) is 2.44. The zero-order valence-electron chi connectivity index (χ0n) is 11.9. The lowest BCUT2D eigenvalue weighted by molar-refractivity contribution is 0.292. The van der Waals surface area contributed by atoms with Crippen molar-refractivity contribution in [3.63, 3.8) is 0 Å². The first kappa shape index (κ1) is 14.8. The molecule has 0 amide bonds. The molecule has 0 saturated heterocycles. The second kappa shape index (κ2) is 7.25. The van der Waals surface area contributed by atoms with Crippen molar-refractivity contribution in [3.8, 4) is 5.88 Å². The van der Waals surface area contributed by atoms with Gasteiger partial charge in [0.25, 0.3) is 0 Å². The number of halogens is 1. The van der Waals surface area contributed by atoms with Crippen molar-refractivity contribution in [3.05, 3.63) is 52.4 Å². The van der Waals surface area contributed by atoms with Crippen molar-refractivity contribution in [1.82, 2.24) is 9.97 Å². The molecule has 1 aromatic carbocycles. The maximum absolute atomic E-state index is 6.11. The summed E-state index contributed by atoms with van der Waals surface area (Å²) in [4.78, 5) is 8.87. The van der Waals surface area contributed by atoms with Crippen molar-refractivity contribution < 1.29 is 4.74 Å². The van der Waals surface area contributed by atoms with Crippen molar-refractivity contribution in [1.29, 1.82) is 0 Å². The number of ether oxygens (including phenoxy) is 1. The Bertz CT molecular complexity index is 572. The van der Waals surface area contributed by atoms with E-state index in [1.807, 2.05) is 37.3 Å². The number of unbranched alkanes of at least 4 members (excludes halogenated alkanes) is 1. The van der Waals surface area contributed by atoms with Crippen molar-refractivity contribution in [2.75, 3.05) is 0 Å². The van der Waals surface area contributed by atoms with E-state index in [1.54, 1.807) is 0 Å². The Kier molecular flexibility index (Phi) is 5.36. The Hall–Kier alpha value is -1.61. The molecule has 0 fully saturated rings. The van der Waals surface area contributed by atoms with E-state index in [0.717, 1.165) is 36.3 Å². The van der Waals surface area contributed by atoms with Gasteiger partial charge in [0.2, 0.25) is 5.88 Å². The minimum atomic E-state index is 0.420. The van der Waals surface area contributed by atoms with Gasteiger partial charge in [-0.05, 0) is 19.4 Å². The third-order valence-corrected chi connectivity index (χ3v) is 3.33. The molecule has 0 N–H and O–H groups in total. The Balaban J connectivity index is 2.05. The van der Waals surface area contributed by atoms with Crippen LogP contribution < -0.4 is 4.74 Å². The van der Waals surface area contributed by atoms with Crippen molar-refractivity contribution in [2.24, 2.45) is 0 Å². The van der Waals surface area contributed by atoms with E-state index < -0.39 is 0 Å². The predicted molar refractivity (Wildman–Crippen MR) is 81.2 cm³/mol. The fraction of sp³-hybridized carbons (Fsp3) is 0.375. The lowest BCUT2D eigenvalue weighted by Gasteiger charge is -2.09. The zero-order chi connectivity index (χ0) is 14.4. The van der Waals surface area contributed by atoms with E-state index in [0.29, 0.717) is 17.5 Å². The Morgan fingerprint density at radius 1 is 1.20 bits per heavy atom. The zero-order valence-corrected chi connectivity index (χ0v) is 12.7. The summed E-state index contributed by atoms with van der Waals surface area (Å²) in [7, 11) is 0. The van der Waals surface area contributed by atoms with Crippen LogP contribution in [0, 0.1) is 6.92 Å². The van der Waals surface area contributed by atoms with Gasteiger partial charge in [-0.25, -0.2) is 4.98 Å². The number of nitrogens with zero attached hydrogens (tertiary/aromatic N) is 2. The molecule has 0 atom stereocenters. The molecule has 1 heterocycles. The van der Waals surface area contributed by atoms with Crippen LogP contribution in [-0.4, -0.2) is 9.97 Å². The highest BCUT2D eigenvalue weighted by molar-refractivity contribution is 6.31. The fourth-order valence-corrected chi connectivity index (χ4v) is 2.08. The highest BCUT2D eigenvalue weighted by Gasteiger charge is 2.05. The number of rotatable bonds is 6. The molecule has 0 aliphatic rings. The van der Waals surface area contributed by atoms with Crippen LogP contribution in [0.5, 0.6) is 5.88 Å². The summed E-state index contributed by atoms with van der Waals surface area (Å²) >= 11 is 6.11. The molecular weight excluding hydrogens is 272 g/mol. The standard InChI is InChI=1S/C16H19ClN2O/c1-3-4-9-15-18-12(2)10-16(19-15)20-11-13-7-5-6-8-14(13)17/h5-8,10H,3-4,9,11H2,1-2H3. The van der Waals surface area contributed by atoms with Crippen LogP contribution in [0.1, 0.15) is 36.8 Å². The summed E-state index contributed by atoms with van der Waals surface area (Å²) in [6.45, 7) is 4.54. The van der Waals surface area contributed by atoms with Gasteiger partial charge in [0.15, 0.2) is 0 Å². The van der Waals surface area contributed by atoms with Gasteiger partial charge in [-0.3, -0.25) is 0 Å². The summed E-state index contributed by atoms with van der Waals surface area (Å²) in [5.41, 5.74) is 1.89. The van der Waals surface area contributed by atoms with E-state index in [4.69, 9.17) is 16.3 Å². The topological polar surface area (TPSA) is 35.0 Å². The van der Waals surface area contributed by atoms with Gasteiger partial charge in [0.1, 0.15) is 12.4 Å². The first-order valence-electron chi connectivity index (χ1n) is 6.90. The lowest BCUT2D eigenvalue weighted by Crippen LogP contribution is -2.03. The van der Waals surface area contributed by atoms with Crippen molar-refractivity contribution >= 4 is 11.6 Å². The first-order valence-corrected chi connectivity index (χ1v) is 7.27. The first-order chi connectivity index (χ1) is 9.69. The second-order valence-corrected chi connectivity index (χ2v) is 5.15. The third kappa shape index (κ3) is 4.20. The Morgan fingerprint density at radius 3 is 2.75 bits per heavy atom. The molecule has 0 aliphatic carbocycles. The summed E-state index contributed by atoms with van der Waals surface area (Å²) < 4.78 is 5.74. The van der Waals surface area contributed by atoms with Crippen LogP contribution in [0.2, 0.25) is 5.02 Å². The summed E-state index contributed by atoms with van der Waals surface area (Å²) in [6.07, 6.45) is 3.11. The van der Waals surface area contributed by atoms with Crippen molar-refractivity contribution in [2.45, 2.75) is 39.7 Å². The average molecular weight is 291 g/mol. The predicted octanol–water partition coefficient (Wildman–Crippen LogP) is 4.36. The van der Waals surface area contributed by atoms with Gasteiger partial charge in [0.05, 0.1) is 0 Å². The lowest BCUT2D eigenvalue weighted by atomic mass is 10.2. The van der Waals surface area contributed by atoms with Gasteiger partial charge < -0.3 is 4.74 Å². The minimum absolute atomic E-state index is 0.420. The van der Waals surface area contributed by atoms with E-state index in [1.165, 1.54) is 0 Å². The largest absolute Gasteiger partial charge is 0.473 e. The number of hydrogen-bond donors (Lipinski definition) is 0. The van der Waals surface area contributed by atoms with E-state index in [9.17, 15) is 0 Å². The molecule has 3 nitrogen and oxygen atoms in total. The summed E-state index contributed by atoms with van der Waals surface area (Å²) in [6, 6.07) is 9.52. The smallest absolute Gasteiger partial charge is 0.217 e. The van der Waals surface area contributed by atoms with Crippen LogP contribution in [0.25, 0.3) is 0 Å². The molecule has 4 heteroatoms. The monoisotopic (exact) mass is 290 g/mol. The molecule has 2 rings (SSSR count). The van der Waals surface area contributed by atoms with E-state index in [2.05, 4.69) is 16.9 Å². The van der Waals surface area contributed by atoms with Gasteiger partial charge in [-0.1, -0.05) is 43.1 Å². The molecule has 2 aromatic rings. The molecule has 0 unspecified atom stereocenters. The molecule has 106 valence electrons. The molecule has 0 spiro atoms. The van der Waals surface area contributed by atoms with Gasteiger partial charge >= 0.3 is 0 Å². The molecular formula is C16H19ClN2O. The number of benzene rings is 1. The molecule has 0 radical (unpaired) electrons. The number of aromatic nitrogens is 2. The summed E-state index contributed by atoms with van der Waals surface area (Å²) in [5.74, 6) is 1.46. The van der Waals surface area contributed by atoms with Crippen LogP contribution in [0.4, 0.5) is 0 Å². The van der Waals surface area contributed by atoms with Crippen LogP contribution in [0.3, 0.4) is 0 Å². The van der Waals surface area contributed by atoms with Crippen LogP contribution >= 0.6 is 11.6 Å². The second-order valence-electron chi connectivity index (χ2n) is 4.75. The molecule has 0 aliphatic heterocycles. The summed E-state index contributed by atoms with van der Waals surface area (Å²) in [5, 5.41) is 0.712. The molecule has 20 heavy (non-hydrogen) atoms. The van der Waals surface area contributed by atoms with E-state index >= 15 is 0 Å².